The number of para-hydroxylation sites is 1. The summed E-state index contributed by atoms with van der Waals surface area (Å²) in [6.07, 6.45) is 0. The van der Waals surface area contributed by atoms with E-state index < -0.39 is 9.76 Å². The molecule has 1 saturated heterocycles. The van der Waals surface area contributed by atoms with E-state index in [1.807, 2.05) is 42.3 Å². The van der Waals surface area contributed by atoms with E-state index in [0.717, 1.165) is 12.2 Å². The molecule has 1 unspecified atom stereocenters. The van der Waals surface area contributed by atoms with Crippen LogP contribution in [0.2, 0.25) is 0 Å². The van der Waals surface area contributed by atoms with Crippen LogP contribution >= 0.6 is 34.8 Å². The molecule has 5 nitrogen and oxygen atoms in total. The minimum Gasteiger partial charge on any atom is -0.478 e. The normalized spacial score (nSPS) is 18.1. The van der Waals surface area contributed by atoms with Gasteiger partial charge in [0, 0.05) is 0 Å². The summed E-state index contributed by atoms with van der Waals surface area (Å²) >= 11 is 14.4. The number of nitrogens with one attached hydrogen (secondary N) is 1. The van der Waals surface area contributed by atoms with Crippen molar-refractivity contribution in [2.24, 2.45) is 5.92 Å². The average molecular weight is 340 g/mol. The molecular weight excluding hydrogens is 327 g/mol. The standard InChI is InChI=1S/C10H12N2O.C2HCl3O2/c1-8-7-12(11-10(8)13)9-5-3-2-4-6-9;3-2(4,5)1(6)7/h2-6,8H,7H2,1H3,(H,11,13);(H,6,7). The fourth-order valence-electron chi connectivity index (χ4n) is 1.42. The minimum atomic E-state index is -2.17. The monoisotopic (exact) mass is 338 g/mol. The molecule has 0 aliphatic carbocycles. The lowest BCUT2D eigenvalue weighted by atomic mass is 10.2. The van der Waals surface area contributed by atoms with Gasteiger partial charge >= 0.3 is 5.97 Å². The lowest BCUT2D eigenvalue weighted by molar-refractivity contribution is -0.136. The van der Waals surface area contributed by atoms with Crippen molar-refractivity contribution in [1.82, 2.24) is 5.43 Å². The Kier molecular flexibility index (Phi) is 5.92. The van der Waals surface area contributed by atoms with Crippen molar-refractivity contribution in [2.45, 2.75) is 10.7 Å². The topological polar surface area (TPSA) is 69.6 Å². The summed E-state index contributed by atoms with van der Waals surface area (Å²) in [5, 5.41) is 9.74. The van der Waals surface area contributed by atoms with Gasteiger partial charge in [-0.05, 0) is 12.1 Å². The second-order valence-corrected chi connectivity index (χ2v) is 6.41. The Labute approximate surface area is 131 Å². The van der Waals surface area contributed by atoms with Gasteiger partial charge in [0.05, 0.1) is 18.2 Å². The van der Waals surface area contributed by atoms with Crippen molar-refractivity contribution in [3.63, 3.8) is 0 Å². The SMILES string of the molecule is CC1CN(c2ccccc2)NC1=O.O=C(O)C(Cl)(Cl)Cl. The molecule has 0 saturated carbocycles. The van der Waals surface area contributed by atoms with Crippen LogP contribution < -0.4 is 10.4 Å². The molecule has 20 heavy (non-hydrogen) atoms. The van der Waals surface area contributed by atoms with E-state index in [1.165, 1.54) is 0 Å². The fourth-order valence-corrected chi connectivity index (χ4v) is 1.42. The first-order valence-electron chi connectivity index (χ1n) is 5.65. The fraction of sp³-hybridized carbons (Fsp3) is 0.333. The molecule has 2 N–H and O–H groups in total. The quantitative estimate of drug-likeness (QED) is 0.772. The van der Waals surface area contributed by atoms with Crippen LogP contribution in [0.1, 0.15) is 6.92 Å². The number of nitrogens with zero attached hydrogens (tertiary/aromatic N) is 1. The van der Waals surface area contributed by atoms with Gasteiger partial charge in [-0.25, -0.2) is 4.79 Å². The van der Waals surface area contributed by atoms with Crippen LogP contribution in [0, 0.1) is 5.92 Å². The maximum Gasteiger partial charge on any atom is 0.356 e. The van der Waals surface area contributed by atoms with Crippen molar-refractivity contribution in [3.05, 3.63) is 30.3 Å². The number of amides is 1. The molecule has 1 aromatic rings. The second kappa shape index (κ2) is 7.02. The highest BCUT2D eigenvalue weighted by molar-refractivity contribution is 6.75. The Morgan fingerprint density at radius 2 is 1.85 bits per heavy atom. The first-order chi connectivity index (χ1) is 9.21. The highest BCUT2D eigenvalue weighted by atomic mass is 35.6. The maximum absolute atomic E-state index is 11.2. The van der Waals surface area contributed by atoms with Gasteiger partial charge in [0.25, 0.3) is 3.79 Å². The van der Waals surface area contributed by atoms with Crippen molar-refractivity contribution >= 4 is 52.4 Å². The van der Waals surface area contributed by atoms with Crippen LogP contribution in [0.5, 0.6) is 0 Å². The number of rotatable bonds is 1. The third-order valence-corrected chi connectivity index (χ3v) is 2.94. The lowest BCUT2D eigenvalue weighted by Gasteiger charge is -2.16. The number of hydrogen-bond acceptors (Lipinski definition) is 3. The number of aliphatic carboxylic acids is 1. The van der Waals surface area contributed by atoms with E-state index in [2.05, 4.69) is 5.43 Å². The highest BCUT2D eigenvalue weighted by Gasteiger charge is 2.29. The third-order valence-electron chi connectivity index (χ3n) is 2.46. The number of carboxylic acid groups (broad SMARTS) is 1. The molecule has 1 amide bonds. The van der Waals surface area contributed by atoms with E-state index in [-0.39, 0.29) is 11.8 Å². The minimum absolute atomic E-state index is 0.0835. The van der Waals surface area contributed by atoms with Crippen molar-refractivity contribution in [3.8, 4) is 0 Å². The molecule has 0 aromatic heterocycles. The molecule has 8 heteroatoms. The molecule has 1 atom stereocenters. The highest BCUT2D eigenvalue weighted by Crippen LogP contribution is 2.25. The summed E-state index contributed by atoms with van der Waals surface area (Å²) in [4.78, 5) is 20.8. The number of carbonyl (C=O) groups is 2. The lowest BCUT2D eigenvalue weighted by Crippen LogP contribution is -2.32. The van der Waals surface area contributed by atoms with Crippen LogP contribution in [-0.2, 0) is 9.59 Å². The summed E-state index contributed by atoms with van der Waals surface area (Å²) < 4.78 is -2.17. The van der Waals surface area contributed by atoms with Crippen LogP contribution in [0.25, 0.3) is 0 Å². The molecule has 0 spiro atoms. The molecule has 0 bridgehead atoms. The molecule has 1 aliphatic rings. The van der Waals surface area contributed by atoms with Gasteiger partial charge in [0.15, 0.2) is 0 Å². The maximum atomic E-state index is 11.2. The van der Waals surface area contributed by atoms with E-state index in [0.29, 0.717) is 0 Å². The Hall–Kier alpha value is -1.17. The summed E-state index contributed by atoms with van der Waals surface area (Å²) in [7, 11) is 0. The van der Waals surface area contributed by atoms with Crippen molar-refractivity contribution in [1.29, 1.82) is 0 Å². The molecule has 2 rings (SSSR count). The van der Waals surface area contributed by atoms with Crippen LogP contribution in [0.4, 0.5) is 5.69 Å². The Bertz CT molecular complexity index is 477. The van der Waals surface area contributed by atoms with Gasteiger partial charge in [-0.15, -0.1) is 0 Å². The zero-order chi connectivity index (χ0) is 15.3. The largest absolute Gasteiger partial charge is 0.478 e. The first-order valence-corrected chi connectivity index (χ1v) is 6.78. The smallest absolute Gasteiger partial charge is 0.356 e. The van der Waals surface area contributed by atoms with Gasteiger partial charge in [0.1, 0.15) is 0 Å². The van der Waals surface area contributed by atoms with Gasteiger partial charge in [0.2, 0.25) is 5.91 Å². The number of anilines is 1. The predicted octanol–water partition coefficient (Wildman–Crippen LogP) is 2.62. The van der Waals surface area contributed by atoms with Gasteiger partial charge < -0.3 is 5.11 Å². The van der Waals surface area contributed by atoms with Gasteiger partial charge in [-0.3, -0.25) is 15.2 Å². The zero-order valence-electron chi connectivity index (χ0n) is 10.5. The Morgan fingerprint density at radius 3 is 2.20 bits per heavy atom. The molecule has 1 aromatic carbocycles. The van der Waals surface area contributed by atoms with Crippen molar-refractivity contribution < 1.29 is 14.7 Å². The number of benzene rings is 1. The molecule has 0 radical (unpaired) electrons. The van der Waals surface area contributed by atoms with Gasteiger partial charge in [-0.2, -0.15) is 0 Å². The van der Waals surface area contributed by atoms with Crippen LogP contribution in [-0.4, -0.2) is 27.3 Å². The summed E-state index contributed by atoms with van der Waals surface area (Å²) in [6, 6.07) is 9.86. The zero-order valence-corrected chi connectivity index (χ0v) is 12.8. The molecule has 110 valence electrons. The van der Waals surface area contributed by atoms with E-state index in [4.69, 9.17) is 39.9 Å². The van der Waals surface area contributed by atoms with E-state index in [9.17, 15) is 9.59 Å². The first kappa shape index (κ1) is 16.9. The van der Waals surface area contributed by atoms with Crippen molar-refractivity contribution in [2.75, 3.05) is 11.6 Å². The molecule has 1 aliphatic heterocycles. The number of hydrazine groups is 1. The van der Waals surface area contributed by atoms with Crippen LogP contribution in [0.15, 0.2) is 30.3 Å². The molecular formula is C12H13Cl3N2O3. The Balaban J connectivity index is 0.000000246. The summed E-state index contributed by atoms with van der Waals surface area (Å²) in [6.45, 7) is 2.68. The molecule has 1 heterocycles. The van der Waals surface area contributed by atoms with Crippen LogP contribution in [0.3, 0.4) is 0 Å². The summed E-state index contributed by atoms with van der Waals surface area (Å²) in [5.41, 5.74) is 3.86. The van der Waals surface area contributed by atoms with E-state index >= 15 is 0 Å². The number of halogens is 3. The molecule has 1 fully saturated rings. The number of carbonyl (C=O) groups excluding carboxylic acids is 1. The number of hydrogen-bond donors (Lipinski definition) is 2. The summed E-state index contributed by atoms with van der Waals surface area (Å²) in [5.74, 6) is -1.28. The number of alkyl halides is 3. The van der Waals surface area contributed by atoms with E-state index in [1.54, 1.807) is 0 Å². The average Bonchev–Trinajstić information content (AvgIpc) is 2.70. The number of carboxylic acids is 1. The Morgan fingerprint density at radius 1 is 1.35 bits per heavy atom. The van der Waals surface area contributed by atoms with Gasteiger partial charge in [-0.1, -0.05) is 59.9 Å². The second-order valence-electron chi connectivity index (χ2n) is 4.13. The third kappa shape index (κ3) is 5.07. The predicted molar refractivity (Wildman–Crippen MR) is 79.0 cm³/mol.